The number of aliphatic hydroxyl groups excluding tert-OH is 1. The van der Waals surface area contributed by atoms with Gasteiger partial charge in [-0.05, 0) is 56.8 Å². The Labute approximate surface area is 109 Å². The highest BCUT2D eigenvalue weighted by molar-refractivity contribution is 7.98. The van der Waals surface area contributed by atoms with Crippen molar-refractivity contribution in [1.29, 1.82) is 0 Å². The zero-order chi connectivity index (χ0) is 12.5. The van der Waals surface area contributed by atoms with Gasteiger partial charge in [0.15, 0.2) is 0 Å². The monoisotopic (exact) mass is 253 g/mol. The molecule has 0 fully saturated rings. The molecule has 1 N–H and O–H groups in total. The third-order valence-corrected chi connectivity index (χ3v) is 3.63. The minimum Gasteiger partial charge on any atom is -0.396 e. The van der Waals surface area contributed by atoms with E-state index in [4.69, 9.17) is 5.11 Å². The van der Waals surface area contributed by atoms with Crippen molar-refractivity contribution in [1.82, 2.24) is 4.90 Å². The van der Waals surface area contributed by atoms with E-state index in [0.717, 1.165) is 32.4 Å². The molecule has 0 saturated heterocycles. The molecule has 96 valence electrons. The molecule has 1 aromatic carbocycles. The lowest BCUT2D eigenvalue weighted by atomic mass is 10.1. The largest absolute Gasteiger partial charge is 0.396 e. The van der Waals surface area contributed by atoms with Gasteiger partial charge in [0.2, 0.25) is 0 Å². The second-order valence-corrected chi connectivity index (χ2v) is 5.21. The van der Waals surface area contributed by atoms with E-state index in [1.165, 1.54) is 10.5 Å². The summed E-state index contributed by atoms with van der Waals surface area (Å²) in [7, 11) is 2.15. The Morgan fingerprint density at radius 1 is 1.12 bits per heavy atom. The molecule has 0 aliphatic carbocycles. The van der Waals surface area contributed by atoms with E-state index in [0.29, 0.717) is 6.61 Å². The zero-order valence-corrected chi connectivity index (χ0v) is 11.7. The van der Waals surface area contributed by atoms with Crippen LogP contribution in [0.15, 0.2) is 29.2 Å². The highest BCUT2D eigenvalue weighted by Gasteiger charge is 1.99. The number of unbranched alkanes of at least 4 members (excludes halogenated alkanes) is 1. The summed E-state index contributed by atoms with van der Waals surface area (Å²) in [5.41, 5.74) is 1.40. The van der Waals surface area contributed by atoms with Gasteiger partial charge in [0.1, 0.15) is 0 Å². The van der Waals surface area contributed by atoms with Crippen LogP contribution >= 0.6 is 11.8 Å². The van der Waals surface area contributed by atoms with Crippen molar-refractivity contribution in [3.8, 4) is 0 Å². The SMILES string of the molecule is CSc1ccc(CCN(C)CCCCO)cc1. The van der Waals surface area contributed by atoms with Crippen LogP contribution in [0.4, 0.5) is 0 Å². The van der Waals surface area contributed by atoms with Crippen LogP contribution in [0, 0.1) is 0 Å². The van der Waals surface area contributed by atoms with Crippen LogP contribution in [0.3, 0.4) is 0 Å². The number of nitrogens with zero attached hydrogens (tertiary/aromatic N) is 1. The van der Waals surface area contributed by atoms with Gasteiger partial charge in [-0.1, -0.05) is 12.1 Å². The molecular formula is C14H23NOS. The summed E-state index contributed by atoms with van der Waals surface area (Å²) in [6.45, 7) is 2.47. The lowest BCUT2D eigenvalue weighted by Gasteiger charge is -2.16. The van der Waals surface area contributed by atoms with Gasteiger partial charge in [-0.25, -0.2) is 0 Å². The van der Waals surface area contributed by atoms with Crippen LogP contribution in [0.2, 0.25) is 0 Å². The van der Waals surface area contributed by atoms with E-state index in [2.05, 4.69) is 42.5 Å². The highest BCUT2D eigenvalue weighted by Crippen LogP contribution is 2.15. The summed E-state index contributed by atoms with van der Waals surface area (Å²) in [6.07, 6.45) is 5.19. The normalized spacial score (nSPS) is 11.1. The van der Waals surface area contributed by atoms with Gasteiger partial charge >= 0.3 is 0 Å². The molecule has 1 rings (SSSR count). The van der Waals surface area contributed by atoms with Crippen molar-refractivity contribution in [2.45, 2.75) is 24.2 Å². The van der Waals surface area contributed by atoms with E-state index in [1.807, 2.05) is 0 Å². The first kappa shape index (κ1) is 14.6. The molecule has 0 aliphatic heterocycles. The molecule has 0 unspecified atom stereocenters. The lowest BCUT2D eigenvalue weighted by Crippen LogP contribution is -2.22. The Morgan fingerprint density at radius 2 is 1.82 bits per heavy atom. The average Bonchev–Trinajstić information content (AvgIpc) is 2.37. The van der Waals surface area contributed by atoms with E-state index in [-0.39, 0.29) is 0 Å². The summed E-state index contributed by atoms with van der Waals surface area (Å²) in [5, 5.41) is 8.72. The van der Waals surface area contributed by atoms with Crippen LogP contribution in [-0.2, 0) is 6.42 Å². The Kier molecular flexibility index (Phi) is 7.33. The van der Waals surface area contributed by atoms with Crippen molar-refractivity contribution in [2.24, 2.45) is 0 Å². The predicted molar refractivity (Wildman–Crippen MR) is 75.7 cm³/mol. The topological polar surface area (TPSA) is 23.5 Å². The maximum atomic E-state index is 8.72. The molecule has 1 aromatic rings. The Bertz CT molecular complexity index is 300. The molecule has 0 amide bonds. The van der Waals surface area contributed by atoms with Gasteiger partial charge in [0, 0.05) is 18.0 Å². The third kappa shape index (κ3) is 6.10. The minimum atomic E-state index is 0.310. The second-order valence-electron chi connectivity index (χ2n) is 4.33. The smallest absolute Gasteiger partial charge is 0.0431 e. The fourth-order valence-corrected chi connectivity index (χ4v) is 2.13. The van der Waals surface area contributed by atoms with E-state index in [9.17, 15) is 0 Å². The number of benzene rings is 1. The first-order chi connectivity index (χ1) is 8.26. The first-order valence-corrected chi connectivity index (χ1v) is 7.41. The van der Waals surface area contributed by atoms with Crippen LogP contribution in [0.1, 0.15) is 18.4 Å². The fourth-order valence-electron chi connectivity index (χ4n) is 1.72. The molecule has 17 heavy (non-hydrogen) atoms. The maximum Gasteiger partial charge on any atom is 0.0431 e. The number of thioether (sulfide) groups is 1. The zero-order valence-electron chi connectivity index (χ0n) is 10.9. The predicted octanol–water partition coefficient (Wildman–Crippen LogP) is 2.66. The van der Waals surface area contributed by atoms with Gasteiger partial charge in [-0.3, -0.25) is 0 Å². The second kappa shape index (κ2) is 8.56. The van der Waals surface area contributed by atoms with Gasteiger partial charge in [0.05, 0.1) is 0 Å². The molecule has 0 aliphatic rings. The quantitative estimate of drug-likeness (QED) is 0.569. The van der Waals surface area contributed by atoms with Crippen molar-refractivity contribution in [3.05, 3.63) is 29.8 Å². The molecule has 3 heteroatoms. The van der Waals surface area contributed by atoms with Crippen LogP contribution in [0.25, 0.3) is 0 Å². The van der Waals surface area contributed by atoms with Gasteiger partial charge in [-0.2, -0.15) is 0 Å². The molecular weight excluding hydrogens is 230 g/mol. The summed E-state index contributed by atoms with van der Waals surface area (Å²) < 4.78 is 0. The van der Waals surface area contributed by atoms with E-state index in [1.54, 1.807) is 11.8 Å². The first-order valence-electron chi connectivity index (χ1n) is 6.18. The van der Waals surface area contributed by atoms with Gasteiger partial charge in [-0.15, -0.1) is 11.8 Å². The maximum absolute atomic E-state index is 8.72. The molecule has 0 atom stereocenters. The lowest BCUT2D eigenvalue weighted by molar-refractivity contribution is 0.264. The Morgan fingerprint density at radius 3 is 2.41 bits per heavy atom. The minimum absolute atomic E-state index is 0.310. The average molecular weight is 253 g/mol. The Hall–Kier alpha value is -0.510. The van der Waals surface area contributed by atoms with Crippen molar-refractivity contribution < 1.29 is 5.11 Å². The Balaban J connectivity index is 2.24. The molecule has 0 aromatic heterocycles. The van der Waals surface area contributed by atoms with Gasteiger partial charge < -0.3 is 10.0 Å². The number of hydrogen-bond donors (Lipinski definition) is 1. The van der Waals surface area contributed by atoms with Crippen molar-refractivity contribution >= 4 is 11.8 Å². The van der Waals surface area contributed by atoms with E-state index >= 15 is 0 Å². The summed E-state index contributed by atoms with van der Waals surface area (Å²) >= 11 is 1.78. The van der Waals surface area contributed by atoms with Crippen LogP contribution in [0.5, 0.6) is 0 Å². The number of likely N-dealkylation sites (N-methyl/N-ethyl adjacent to an activating group) is 1. The number of aliphatic hydroxyl groups is 1. The van der Waals surface area contributed by atoms with Gasteiger partial charge in [0.25, 0.3) is 0 Å². The molecule has 0 bridgehead atoms. The number of hydrogen-bond acceptors (Lipinski definition) is 3. The summed E-state index contributed by atoms with van der Waals surface area (Å²) in [4.78, 5) is 3.66. The molecule has 0 heterocycles. The summed E-state index contributed by atoms with van der Waals surface area (Å²) in [6, 6.07) is 8.80. The van der Waals surface area contributed by atoms with Crippen LogP contribution < -0.4 is 0 Å². The molecule has 0 spiro atoms. The van der Waals surface area contributed by atoms with Crippen molar-refractivity contribution in [3.63, 3.8) is 0 Å². The van der Waals surface area contributed by atoms with Crippen LogP contribution in [-0.4, -0.2) is 43.0 Å². The highest BCUT2D eigenvalue weighted by atomic mass is 32.2. The third-order valence-electron chi connectivity index (χ3n) is 2.89. The van der Waals surface area contributed by atoms with E-state index < -0.39 is 0 Å². The summed E-state index contributed by atoms with van der Waals surface area (Å²) in [5.74, 6) is 0. The molecule has 2 nitrogen and oxygen atoms in total. The standard InChI is InChI=1S/C14H23NOS/c1-15(10-3-4-12-16)11-9-13-5-7-14(17-2)8-6-13/h5-8,16H,3-4,9-12H2,1-2H3. The molecule has 0 saturated carbocycles. The number of rotatable bonds is 8. The van der Waals surface area contributed by atoms with Crippen molar-refractivity contribution in [2.75, 3.05) is 33.0 Å². The molecule has 0 radical (unpaired) electrons. The fraction of sp³-hybridized carbons (Fsp3) is 0.571.